The topological polar surface area (TPSA) is 102 Å². The van der Waals surface area contributed by atoms with Crippen LogP contribution in [0.5, 0.6) is 0 Å². The summed E-state index contributed by atoms with van der Waals surface area (Å²) in [5.41, 5.74) is -2.29. The van der Waals surface area contributed by atoms with E-state index in [0.717, 1.165) is 19.0 Å². The van der Waals surface area contributed by atoms with E-state index in [4.69, 9.17) is 56.2 Å². The number of amides is 3. The normalized spacial score (nSPS) is 13.2. The molecule has 0 aromatic heterocycles. The minimum atomic E-state index is -5.07. The number of aliphatic hydroxyl groups is 1. The number of aliphatic hydroxyl groups excluding tert-OH is 1. The van der Waals surface area contributed by atoms with Gasteiger partial charge in [0.2, 0.25) is 0 Å². The number of ether oxygens (including phenoxy) is 1. The maximum absolute atomic E-state index is 13.0. The third kappa shape index (κ3) is 17.6. The second-order valence-electron chi connectivity index (χ2n) is 13.3. The van der Waals surface area contributed by atoms with Crippen LogP contribution in [0.25, 0.3) is 0 Å². The molecule has 0 saturated heterocycles. The number of halogens is 10. The first-order chi connectivity index (χ1) is 25.5. The van der Waals surface area contributed by atoms with E-state index in [0.29, 0.717) is 25.9 Å². The fourth-order valence-electron chi connectivity index (χ4n) is 5.25. The molecule has 0 aliphatic carbocycles. The van der Waals surface area contributed by atoms with Crippen molar-refractivity contribution in [1.29, 1.82) is 0 Å². The van der Waals surface area contributed by atoms with Crippen LogP contribution in [-0.2, 0) is 25.4 Å². The van der Waals surface area contributed by atoms with Gasteiger partial charge < -0.3 is 25.0 Å². The lowest BCUT2D eigenvalue weighted by Crippen LogP contribution is -2.56. The van der Waals surface area contributed by atoms with Crippen molar-refractivity contribution in [2.24, 2.45) is 0 Å². The van der Waals surface area contributed by atoms with Gasteiger partial charge in [-0.1, -0.05) is 70.7 Å². The van der Waals surface area contributed by atoms with E-state index in [-0.39, 0.29) is 68.1 Å². The molecule has 2 atom stereocenters. The van der Waals surface area contributed by atoms with E-state index >= 15 is 0 Å². The summed E-state index contributed by atoms with van der Waals surface area (Å²) >= 11 is 24.0. The van der Waals surface area contributed by atoms with E-state index in [2.05, 4.69) is 18.5 Å². The highest BCUT2D eigenvalue weighted by molar-refractivity contribution is 7.59. The maximum atomic E-state index is 13.0. The van der Waals surface area contributed by atoms with Gasteiger partial charge in [-0.25, -0.2) is 4.79 Å². The van der Waals surface area contributed by atoms with Crippen molar-refractivity contribution in [2.75, 3.05) is 47.9 Å². The van der Waals surface area contributed by atoms with E-state index in [1.54, 1.807) is 59.0 Å². The van der Waals surface area contributed by atoms with Crippen molar-refractivity contribution in [1.82, 2.24) is 20.0 Å². The number of carbonyl (C=O) groups excluding carboxylic acids is 3. The Morgan fingerprint density at radius 1 is 0.741 bits per heavy atom. The largest absolute Gasteiger partial charge is 0.471 e. The molecule has 2 N–H and O–H groups in total. The first-order valence-electron chi connectivity index (χ1n) is 16.6. The summed E-state index contributed by atoms with van der Waals surface area (Å²) in [4.78, 5) is 38.4. The van der Waals surface area contributed by atoms with Crippen LogP contribution in [0.2, 0.25) is 20.1 Å². The highest BCUT2D eigenvalue weighted by atomic mass is 35.5. The second kappa shape index (κ2) is 25.3. The number of alkyl halides is 6. The lowest BCUT2D eigenvalue weighted by atomic mass is 9.84. The van der Waals surface area contributed by atoms with Crippen molar-refractivity contribution in [3.63, 3.8) is 0 Å². The Balaban J connectivity index is -0.000000971. The average molecular weight is 953 g/mol. The molecular formula is C37H52Cl4F6N4O5S2. The molecule has 58 heavy (non-hydrogen) atoms. The first kappa shape index (κ1) is 59.8. The Morgan fingerprint density at radius 2 is 1.12 bits per heavy atom. The highest BCUT2D eigenvalue weighted by Crippen LogP contribution is 2.38. The van der Waals surface area contributed by atoms with E-state index < -0.39 is 53.5 Å². The number of hydrogen-bond donors (Lipinski definition) is 2. The lowest BCUT2D eigenvalue weighted by molar-refractivity contribution is -0.185. The summed E-state index contributed by atoms with van der Waals surface area (Å²) in [5.74, 6) is -3.96. The molecule has 2 rings (SSSR count). The molecule has 0 unspecified atom stereocenters. The molecule has 0 bridgehead atoms. The first-order valence-corrected chi connectivity index (χ1v) is 18.1. The van der Waals surface area contributed by atoms with Crippen LogP contribution >= 0.6 is 73.4 Å². The summed E-state index contributed by atoms with van der Waals surface area (Å²) in [6.07, 6.45) is -7.49. The zero-order valence-electron chi connectivity index (χ0n) is 33.3. The minimum absolute atomic E-state index is 0. The number of rotatable bonds is 12. The van der Waals surface area contributed by atoms with Crippen molar-refractivity contribution in [3.8, 4) is 0 Å². The summed E-state index contributed by atoms with van der Waals surface area (Å²) < 4.78 is 82.3. The van der Waals surface area contributed by atoms with Gasteiger partial charge in [0.15, 0.2) is 0 Å². The second-order valence-corrected chi connectivity index (χ2v) is 14.9. The van der Waals surface area contributed by atoms with Crippen LogP contribution in [0.15, 0.2) is 61.7 Å². The zero-order chi connectivity index (χ0) is 44.0. The molecule has 0 radical (unpaired) electrons. The zero-order valence-corrected chi connectivity index (χ0v) is 38.3. The molecule has 0 saturated carbocycles. The molecule has 21 heteroatoms. The predicted molar refractivity (Wildman–Crippen MR) is 230 cm³/mol. The average Bonchev–Trinajstić information content (AvgIpc) is 3.08. The fourth-order valence-corrected chi connectivity index (χ4v) is 5.85. The maximum Gasteiger partial charge on any atom is 0.471 e. The minimum Gasteiger partial charge on any atom is -0.444 e. The van der Waals surface area contributed by atoms with E-state index in [1.165, 1.54) is 31.3 Å². The van der Waals surface area contributed by atoms with Crippen LogP contribution in [0, 0.1) is 0 Å². The molecule has 9 nitrogen and oxygen atoms in total. The van der Waals surface area contributed by atoms with Gasteiger partial charge in [0.1, 0.15) is 5.60 Å². The Kier molecular flexibility index (Phi) is 26.1. The van der Waals surface area contributed by atoms with Gasteiger partial charge >= 0.3 is 30.3 Å². The van der Waals surface area contributed by atoms with Crippen molar-refractivity contribution in [2.45, 2.75) is 69.6 Å². The van der Waals surface area contributed by atoms with Crippen molar-refractivity contribution in [3.05, 3.63) is 92.9 Å². The van der Waals surface area contributed by atoms with E-state index in [1.807, 2.05) is 0 Å². The molecule has 0 aliphatic heterocycles. The molecule has 2 aromatic carbocycles. The van der Waals surface area contributed by atoms with Crippen molar-refractivity contribution >= 4 is 91.3 Å². The van der Waals surface area contributed by atoms with Crippen LogP contribution in [-0.4, -0.2) is 104 Å². The number of benzene rings is 2. The van der Waals surface area contributed by atoms with Gasteiger partial charge in [-0.05, 0) is 83.0 Å². The quantitative estimate of drug-likeness (QED) is 0.162. The van der Waals surface area contributed by atoms with Gasteiger partial charge in [0.05, 0.1) is 31.2 Å². The van der Waals surface area contributed by atoms with Crippen LogP contribution in [0.3, 0.4) is 0 Å². The number of likely N-dealkylation sites (N-methyl/N-ethyl adjacent to an activating group) is 4. The molecular weight excluding hydrogens is 900 g/mol. The Labute approximate surface area is 370 Å². The molecule has 332 valence electrons. The van der Waals surface area contributed by atoms with Crippen LogP contribution in [0.1, 0.15) is 51.7 Å². The number of nitrogens with zero attached hydrogens (tertiary/aromatic N) is 3. The Morgan fingerprint density at radius 3 is 1.47 bits per heavy atom. The van der Waals surface area contributed by atoms with Gasteiger partial charge in [-0.2, -0.15) is 53.3 Å². The standard InChI is InChI=1S/C20H25Cl2F3N2O3.C15H17Cl2F3N2O.C2H6O.2H2S/c1-7-10-19(12-26(5)16(28)20(23,24)25,13-8-9-14(21)15(22)11-13)27(6)17(29)30-18(2,3)4;1-4-7-14(21-2,9-22(3)13(23)15(18,19)20)10-5-6-11(16)12(17)8-10;1-2-3;;/h7-9,11H,1,10,12H2,2-6H3;4-6,8,21H,1,7,9H2,2-3H3;3H,2H2,1H3;2*1H2/t19-;14-;;;/m11.../s1. The van der Waals surface area contributed by atoms with E-state index in [9.17, 15) is 40.7 Å². The molecule has 0 fully saturated rings. The van der Waals surface area contributed by atoms with Crippen LogP contribution in [0.4, 0.5) is 31.1 Å². The molecule has 3 amide bonds. The molecule has 0 spiro atoms. The highest BCUT2D eigenvalue weighted by Gasteiger charge is 2.47. The van der Waals surface area contributed by atoms with Crippen LogP contribution < -0.4 is 5.32 Å². The summed E-state index contributed by atoms with van der Waals surface area (Å²) in [5, 5.41) is 11.5. The number of carbonyl (C=O) groups is 3. The predicted octanol–water partition coefficient (Wildman–Crippen LogP) is 9.88. The van der Waals surface area contributed by atoms with Crippen molar-refractivity contribution < 1.29 is 50.6 Å². The Hall–Kier alpha value is -2.51. The smallest absolute Gasteiger partial charge is 0.444 e. The third-order valence-electron chi connectivity index (χ3n) is 7.88. The summed E-state index contributed by atoms with van der Waals surface area (Å²) in [6.45, 7) is 13.5. The summed E-state index contributed by atoms with van der Waals surface area (Å²) in [6, 6.07) is 9.21. The van der Waals surface area contributed by atoms with Gasteiger partial charge in [0.25, 0.3) is 0 Å². The SMILES string of the molecule is C=CC[C@@](CN(C)C(=O)C(F)(F)F)(c1ccc(Cl)c(Cl)c1)N(C)C(=O)OC(C)(C)C.C=CC[C@](CN(C)C(=O)C(F)(F)F)(NC)c1ccc(Cl)c(Cl)c1.CCO.S.S. The third-order valence-corrected chi connectivity index (χ3v) is 9.35. The molecule has 2 aromatic rings. The molecule has 0 heterocycles. The number of hydrogen-bond acceptors (Lipinski definition) is 6. The molecule has 0 aliphatic rings. The number of nitrogens with one attached hydrogen (secondary N) is 1. The fraction of sp³-hybridized carbons (Fsp3) is 0.486. The lowest BCUT2D eigenvalue weighted by Gasteiger charge is -2.44. The van der Waals surface area contributed by atoms with Gasteiger partial charge in [-0.15, -0.1) is 13.2 Å². The summed E-state index contributed by atoms with van der Waals surface area (Å²) in [7, 11) is 5.08. The van der Waals surface area contributed by atoms with Gasteiger partial charge in [-0.3, -0.25) is 14.5 Å². The monoisotopic (exact) mass is 950 g/mol. The Bertz CT molecular complexity index is 1670. The van der Waals surface area contributed by atoms with Gasteiger partial charge in [0, 0.05) is 40.8 Å².